The van der Waals surface area contributed by atoms with Crippen LogP contribution in [0.25, 0.3) is 0 Å². The lowest BCUT2D eigenvalue weighted by Crippen LogP contribution is -2.12. The lowest BCUT2D eigenvalue weighted by molar-refractivity contribution is -0.147. The number of hydrogen-bond acceptors (Lipinski definition) is 3. The van der Waals surface area contributed by atoms with Gasteiger partial charge in [-0.2, -0.15) is 0 Å². The highest BCUT2D eigenvalue weighted by Gasteiger charge is 2.10. The van der Waals surface area contributed by atoms with Crippen LogP contribution in [0.5, 0.6) is 0 Å². The fourth-order valence-corrected chi connectivity index (χ4v) is 1.77. The van der Waals surface area contributed by atoms with E-state index in [2.05, 4.69) is 6.92 Å². The van der Waals surface area contributed by atoms with E-state index in [1.54, 1.807) is 0 Å². The van der Waals surface area contributed by atoms with Crippen LogP contribution in [-0.2, 0) is 14.3 Å². The number of aldehydes is 1. The summed E-state index contributed by atoms with van der Waals surface area (Å²) < 4.78 is 5.04. The summed E-state index contributed by atoms with van der Waals surface area (Å²) >= 11 is 0. The van der Waals surface area contributed by atoms with Gasteiger partial charge >= 0.3 is 5.97 Å². The van der Waals surface area contributed by atoms with Gasteiger partial charge in [0.25, 0.3) is 0 Å². The zero-order valence-corrected chi connectivity index (χ0v) is 11.4. The number of ether oxygens (including phenoxy) is 1. The lowest BCUT2D eigenvalue weighted by Gasteiger charge is -2.10. The number of carbonyl (C=O) groups excluding carboxylic acids is 2. The second kappa shape index (κ2) is 10.3. The molecule has 0 fully saturated rings. The first kappa shape index (κ1) is 16.1. The summed E-state index contributed by atoms with van der Waals surface area (Å²) in [4.78, 5) is 22.1. The van der Waals surface area contributed by atoms with Gasteiger partial charge < -0.3 is 9.53 Å². The lowest BCUT2D eigenvalue weighted by atomic mass is 9.97. The van der Waals surface area contributed by atoms with Gasteiger partial charge in [0.1, 0.15) is 6.29 Å². The molecule has 0 aromatic carbocycles. The predicted octanol–water partition coefficient (Wildman–Crippen LogP) is 3.50. The fraction of sp³-hybridized carbons (Fsp3) is 0.857. The third kappa shape index (κ3) is 10.0. The van der Waals surface area contributed by atoms with Gasteiger partial charge in [-0.1, -0.05) is 26.2 Å². The van der Waals surface area contributed by atoms with Crippen molar-refractivity contribution in [1.29, 1.82) is 0 Å². The normalized spacial score (nSPS) is 12.5. The summed E-state index contributed by atoms with van der Waals surface area (Å²) in [6.07, 6.45) is 7.38. The fourth-order valence-electron chi connectivity index (χ4n) is 1.77. The van der Waals surface area contributed by atoms with E-state index in [9.17, 15) is 9.59 Å². The first-order valence-electron chi connectivity index (χ1n) is 6.74. The third-order valence-electron chi connectivity index (χ3n) is 2.69. The molecule has 0 aliphatic carbocycles. The van der Waals surface area contributed by atoms with Gasteiger partial charge in [-0.3, -0.25) is 4.79 Å². The van der Waals surface area contributed by atoms with Crippen molar-refractivity contribution in [3.8, 4) is 0 Å². The third-order valence-corrected chi connectivity index (χ3v) is 2.69. The van der Waals surface area contributed by atoms with Gasteiger partial charge in [-0.15, -0.1) is 0 Å². The molecule has 0 rings (SSSR count). The molecule has 0 aromatic rings. The molecule has 0 heterocycles. The number of unbranched alkanes of at least 4 members (excludes halogenated alkanes) is 2. The minimum absolute atomic E-state index is 0.0473. The molecule has 1 atom stereocenters. The Morgan fingerprint density at radius 3 is 2.35 bits per heavy atom. The second-order valence-electron chi connectivity index (χ2n) is 4.82. The van der Waals surface area contributed by atoms with E-state index in [1.165, 1.54) is 12.8 Å². The molecule has 3 heteroatoms. The van der Waals surface area contributed by atoms with E-state index in [1.807, 2.05) is 13.8 Å². The number of esters is 1. The second-order valence-corrected chi connectivity index (χ2v) is 4.82. The quantitative estimate of drug-likeness (QED) is 0.334. The van der Waals surface area contributed by atoms with Crippen molar-refractivity contribution in [1.82, 2.24) is 0 Å². The maximum atomic E-state index is 11.3. The van der Waals surface area contributed by atoms with E-state index < -0.39 is 0 Å². The van der Waals surface area contributed by atoms with Crippen molar-refractivity contribution in [2.75, 3.05) is 0 Å². The van der Waals surface area contributed by atoms with Gasteiger partial charge in [-0.05, 0) is 33.1 Å². The van der Waals surface area contributed by atoms with E-state index in [0.717, 1.165) is 32.0 Å². The van der Waals surface area contributed by atoms with Crippen LogP contribution in [0, 0.1) is 5.92 Å². The molecule has 0 saturated carbocycles. The summed E-state index contributed by atoms with van der Waals surface area (Å²) in [5, 5.41) is 0. The Hall–Kier alpha value is -0.860. The molecule has 0 amide bonds. The van der Waals surface area contributed by atoms with Crippen molar-refractivity contribution in [2.24, 2.45) is 5.92 Å². The van der Waals surface area contributed by atoms with Gasteiger partial charge in [0.05, 0.1) is 6.10 Å². The molecule has 0 aliphatic heterocycles. The minimum atomic E-state index is -0.154. The first-order valence-corrected chi connectivity index (χ1v) is 6.74. The molecule has 0 radical (unpaired) electrons. The van der Waals surface area contributed by atoms with E-state index in [4.69, 9.17) is 4.74 Å². The van der Waals surface area contributed by atoms with Gasteiger partial charge in [0.2, 0.25) is 0 Å². The van der Waals surface area contributed by atoms with E-state index in [-0.39, 0.29) is 18.0 Å². The zero-order valence-electron chi connectivity index (χ0n) is 11.4. The predicted molar refractivity (Wildman–Crippen MR) is 68.8 cm³/mol. The summed E-state index contributed by atoms with van der Waals surface area (Å²) in [6, 6.07) is 0. The van der Waals surface area contributed by atoms with Crippen LogP contribution in [0.4, 0.5) is 0 Å². The maximum Gasteiger partial charge on any atom is 0.306 e. The Balaban J connectivity index is 3.61. The average Bonchev–Trinajstić information content (AvgIpc) is 2.26. The summed E-state index contributed by atoms with van der Waals surface area (Å²) in [6.45, 7) is 5.84. The van der Waals surface area contributed by atoms with E-state index in [0.29, 0.717) is 6.42 Å². The Morgan fingerprint density at radius 2 is 1.82 bits per heavy atom. The maximum absolute atomic E-state index is 11.3. The SMILES string of the molecule is CCCCCC(C=O)CCCC(=O)OC(C)C. The highest BCUT2D eigenvalue weighted by Crippen LogP contribution is 2.15. The van der Waals surface area contributed by atoms with Crippen LogP contribution in [0.15, 0.2) is 0 Å². The van der Waals surface area contributed by atoms with E-state index >= 15 is 0 Å². The Labute approximate surface area is 105 Å². The van der Waals surface area contributed by atoms with Gasteiger partial charge in [0, 0.05) is 12.3 Å². The van der Waals surface area contributed by atoms with Gasteiger partial charge in [0.15, 0.2) is 0 Å². The average molecular weight is 242 g/mol. The molecule has 3 nitrogen and oxygen atoms in total. The molecule has 0 saturated heterocycles. The highest BCUT2D eigenvalue weighted by atomic mass is 16.5. The molecule has 0 N–H and O–H groups in total. The molecule has 0 bridgehead atoms. The topological polar surface area (TPSA) is 43.4 Å². The molecular weight excluding hydrogens is 216 g/mol. The Bertz CT molecular complexity index is 212. The summed E-state index contributed by atoms with van der Waals surface area (Å²) in [7, 11) is 0. The largest absolute Gasteiger partial charge is 0.463 e. The van der Waals surface area contributed by atoms with Gasteiger partial charge in [-0.25, -0.2) is 0 Å². The molecule has 0 spiro atoms. The summed E-state index contributed by atoms with van der Waals surface area (Å²) in [5.41, 5.74) is 0. The number of rotatable bonds is 10. The standard InChI is InChI=1S/C14H26O3/c1-4-5-6-8-13(11-15)9-7-10-14(16)17-12(2)3/h11-13H,4-10H2,1-3H3. The van der Waals surface area contributed by atoms with Crippen molar-refractivity contribution in [2.45, 2.75) is 71.8 Å². The molecule has 0 aliphatic rings. The Morgan fingerprint density at radius 1 is 1.18 bits per heavy atom. The minimum Gasteiger partial charge on any atom is -0.463 e. The van der Waals surface area contributed by atoms with Crippen molar-refractivity contribution >= 4 is 12.3 Å². The Kier molecular flexibility index (Phi) is 9.78. The monoisotopic (exact) mass is 242 g/mol. The van der Waals surface area contributed by atoms with Crippen LogP contribution < -0.4 is 0 Å². The van der Waals surface area contributed by atoms with Crippen LogP contribution in [-0.4, -0.2) is 18.4 Å². The van der Waals surface area contributed by atoms with Crippen LogP contribution in [0.2, 0.25) is 0 Å². The van der Waals surface area contributed by atoms with Crippen molar-refractivity contribution < 1.29 is 14.3 Å². The highest BCUT2D eigenvalue weighted by molar-refractivity contribution is 5.69. The zero-order chi connectivity index (χ0) is 13.1. The molecular formula is C14H26O3. The molecule has 0 aromatic heterocycles. The van der Waals surface area contributed by atoms with Crippen LogP contribution >= 0.6 is 0 Å². The smallest absolute Gasteiger partial charge is 0.306 e. The summed E-state index contributed by atoms with van der Waals surface area (Å²) in [5.74, 6) is -0.0355. The molecule has 1 unspecified atom stereocenters. The number of hydrogen-bond donors (Lipinski definition) is 0. The van der Waals surface area contributed by atoms with Crippen molar-refractivity contribution in [3.63, 3.8) is 0 Å². The first-order chi connectivity index (χ1) is 8.10. The van der Waals surface area contributed by atoms with Crippen LogP contribution in [0.1, 0.15) is 65.7 Å². The van der Waals surface area contributed by atoms with Crippen molar-refractivity contribution in [3.05, 3.63) is 0 Å². The molecule has 100 valence electrons. The van der Waals surface area contributed by atoms with Crippen LogP contribution in [0.3, 0.4) is 0 Å². The molecule has 17 heavy (non-hydrogen) atoms. The number of carbonyl (C=O) groups is 2.